The molecule has 0 bridgehead atoms. The van der Waals surface area contributed by atoms with Crippen molar-refractivity contribution < 1.29 is 4.79 Å². The molecule has 4 rings (SSSR count). The Morgan fingerprint density at radius 3 is 2.60 bits per heavy atom. The molecule has 1 spiro atoms. The van der Waals surface area contributed by atoms with Gasteiger partial charge in [-0.1, -0.05) is 41.9 Å². The van der Waals surface area contributed by atoms with Gasteiger partial charge in [-0.2, -0.15) is 4.99 Å². The van der Waals surface area contributed by atoms with E-state index in [4.69, 9.17) is 23.1 Å². The fraction of sp³-hybridized carbons (Fsp3) is 0.400. The molecule has 1 unspecified atom stereocenters. The Bertz CT molecular complexity index is 972. The van der Waals surface area contributed by atoms with Crippen molar-refractivity contribution in [2.45, 2.75) is 31.3 Å². The fourth-order valence-corrected chi connectivity index (χ4v) is 4.12. The van der Waals surface area contributed by atoms with Crippen LogP contribution in [0.1, 0.15) is 41.9 Å². The molecule has 10 heteroatoms. The molecule has 30 heavy (non-hydrogen) atoms. The van der Waals surface area contributed by atoms with Crippen molar-refractivity contribution in [3.63, 3.8) is 0 Å². The summed E-state index contributed by atoms with van der Waals surface area (Å²) in [4.78, 5) is 26.8. The molecular weight excluding hydrogens is 404 g/mol. The highest BCUT2D eigenvalue weighted by atomic mass is 35.5. The van der Waals surface area contributed by atoms with Crippen LogP contribution in [0.5, 0.6) is 0 Å². The zero-order chi connectivity index (χ0) is 21.3. The minimum Gasteiger partial charge on any atom is -0.382 e. The van der Waals surface area contributed by atoms with E-state index in [1.54, 1.807) is 0 Å². The summed E-state index contributed by atoms with van der Waals surface area (Å²) in [6.07, 6.45) is 1.89. The van der Waals surface area contributed by atoms with Gasteiger partial charge in [-0.25, -0.2) is 9.97 Å². The van der Waals surface area contributed by atoms with Crippen molar-refractivity contribution in [3.05, 3.63) is 46.7 Å². The molecule has 0 aliphatic carbocycles. The maximum atomic E-state index is 12.5. The van der Waals surface area contributed by atoms with Crippen molar-refractivity contribution >= 4 is 35.1 Å². The third-order valence-corrected chi connectivity index (χ3v) is 6.16. The topological polar surface area (TPSA) is 135 Å². The molecule has 2 aliphatic heterocycles. The molecule has 1 atom stereocenters. The van der Waals surface area contributed by atoms with Crippen molar-refractivity contribution in [3.8, 4) is 0 Å². The molecular formula is C20H25ClN8O. The molecule has 1 amide bonds. The first-order valence-corrected chi connectivity index (χ1v) is 10.3. The first-order chi connectivity index (χ1) is 14.4. The number of carbonyl (C=O) groups is 1. The second-order valence-electron chi connectivity index (χ2n) is 7.78. The monoisotopic (exact) mass is 428 g/mol. The summed E-state index contributed by atoms with van der Waals surface area (Å²) in [5.74, 6) is -0.323. The van der Waals surface area contributed by atoms with Crippen LogP contribution in [0, 0.1) is 0 Å². The van der Waals surface area contributed by atoms with Crippen LogP contribution in [0.25, 0.3) is 0 Å². The molecule has 9 nitrogen and oxygen atoms in total. The van der Waals surface area contributed by atoms with Gasteiger partial charge in [0.05, 0.1) is 5.54 Å². The van der Waals surface area contributed by atoms with E-state index in [9.17, 15) is 4.79 Å². The number of nitrogens with one attached hydrogen (secondary N) is 2. The van der Waals surface area contributed by atoms with Gasteiger partial charge in [0, 0.05) is 25.7 Å². The molecule has 0 radical (unpaired) electrons. The first kappa shape index (κ1) is 20.4. The molecule has 0 saturated carbocycles. The Morgan fingerprint density at radius 1 is 1.20 bits per heavy atom. The summed E-state index contributed by atoms with van der Waals surface area (Å²) in [5, 5.41) is 6.52. The summed E-state index contributed by atoms with van der Waals surface area (Å²) >= 11 is 5.86. The number of rotatable bonds is 3. The number of piperidine rings is 1. The number of likely N-dealkylation sites (tertiary alicyclic amines) is 1. The van der Waals surface area contributed by atoms with E-state index in [1.165, 1.54) is 5.56 Å². The van der Waals surface area contributed by atoms with Crippen LogP contribution in [0.4, 0.5) is 11.6 Å². The summed E-state index contributed by atoms with van der Waals surface area (Å²) in [6, 6.07) is 10.9. The first-order valence-electron chi connectivity index (χ1n) is 9.89. The minimum absolute atomic E-state index is 0.0223. The van der Waals surface area contributed by atoms with Gasteiger partial charge in [-0.3, -0.25) is 9.69 Å². The number of hydrogen-bond acceptors (Lipinski definition) is 6. The van der Waals surface area contributed by atoms with Gasteiger partial charge >= 0.3 is 5.91 Å². The van der Waals surface area contributed by atoms with Crippen LogP contribution in [0.3, 0.4) is 0 Å². The second-order valence-corrected chi connectivity index (χ2v) is 8.14. The number of guanidine groups is 1. The molecule has 2 aliphatic rings. The molecule has 2 aromatic rings. The standard InChI is InChI=1S/C20H25ClN8O/c1-12(13-5-3-2-4-6-13)29-9-7-20(8-10-29)11-24-19(28-20)27-18(30)14-16(22)26-17(23)15(21)25-14/h2-6,12H,7-11H2,1H3,(H4,22,23,26)(H2,24,27,28,30). The van der Waals surface area contributed by atoms with Crippen molar-refractivity contribution in [1.29, 1.82) is 0 Å². The van der Waals surface area contributed by atoms with Crippen molar-refractivity contribution in [1.82, 2.24) is 25.5 Å². The van der Waals surface area contributed by atoms with E-state index >= 15 is 0 Å². The SMILES string of the molecule is CC(c1ccccc1)N1CCC2(CC1)CN/C(=N\C(=O)c1nc(Cl)c(N)nc1N)N2. The third-order valence-electron chi connectivity index (χ3n) is 5.88. The van der Waals surface area contributed by atoms with Gasteiger partial charge < -0.3 is 22.1 Å². The fourth-order valence-electron chi connectivity index (χ4n) is 4.00. The van der Waals surface area contributed by atoms with Gasteiger partial charge in [0.15, 0.2) is 28.4 Å². The Hall–Kier alpha value is -2.91. The van der Waals surface area contributed by atoms with Crippen molar-refractivity contribution in [2.24, 2.45) is 4.99 Å². The molecule has 3 heterocycles. The van der Waals surface area contributed by atoms with Gasteiger partial charge in [0.2, 0.25) is 0 Å². The normalized spacial score (nSPS) is 20.7. The number of nitrogens with two attached hydrogens (primary N) is 2. The van der Waals surface area contributed by atoms with Gasteiger partial charge in [-0.15, -0.1) is 0 Å². The van der Waals surface area contributed by atoms with E-state index in [2.05, 4.69) is 61.7 Å². The van der Waals surface area contributed by atoms with Gasteiger partial charge in [0.25, 0.3) is 0 Å². The maximum absolute atomic E-state index is 12.5. The van der Waals surface area contributed by atoms with Crippen LogP contribution in [-0.4, -0.2) is 51.9 Å². The predicted octanol–water partition coefficient (Wildman–Crippen LogP) is 1.58. The number of aromatic nitrogens is 2. The number of nitrogen functional groups attached to an aromatic ring is 2. The molecule has 2 saturated heterocycles. The maximum Gasteiger partial charge on any atom is 0.302 e. The van der Waals surface area contributed by atoms with E-state index in [1.807, 2.05) is 6.07 Å². The molecule has 1 aromatic carbocycles. The van der Waals surface area contributed by atoms with E-state index in [0.717, 1.165) is 25.9 Å². The number of aliphatic imine (C=N–C) groups is 1. The lowest BCUT2D eigenvalue weighted by Gasteiger charge is -2.41. The van der Waals surface area contributed by atoms with E-state index in [0.29, 0.717) is 18.5 Å². The summed E-state index contributed by atoms with van der Waals surface area (Å²) in [7, 11) is 0. The minimum atomic E-state index is -0.621. The van der Waals surface area contributed by atoms with Gasteiger partial charge in [0.1, 0.15) is 0 Å². The predicted molar refractivity (Wildman–Crippen MR) is 117 cm³/mol. The average molecular weight is 429 g/mol. The van der Waals surface area contributed by atoms with Crippen LogP contribution in [0.2, 0.25) is 5.15 Å². The lowest BCUT2D eigenvalue weighted by molar-refractivity contribution is 0.0998. The highest BCUT2D eigenvalue weighted by Gasteiger charge is 2.40. The molecule has 1 aromatic heterocycles. The van der Waals surface area contributed by atoms with Gasteiger partial charge in [-0.05, 0) is 25.3 Å². The number of nitrogens with zero attached hydrogens (tertiary/aromatic N) is 4. The number of halogens is 1. The smallest absolute Gasteiger partial charge is 0.302 e. The zero-order valence-electron chi connectivity index (χ0n) is 16.7. The molecule has 158 valence electrons. The highest BCUT2D eigenvalue weighted by Crippen LogP contribution is 2.30. The number of carbonyl (C=O) groups excluding carboxylic acids is 1. The molecule has 6 N–H and O–H groups in total. The molecule has 2 fully saturated rings. The Balaban J connectivity index is 1.40. The summed E-state index contributed by atoms with van der Waals surface area (Å²) in [6.45, 7) is 4.86. The lowest BCUT2D eigenvalue weighted by Crippen LogP contribution is -2.53. The number of benzene rings is 1. The van der Waals surface area contributed by atoms with E-state index in [-0.39, 0.29) is 28.0 Å². The van der Waals surface area contributed by atoms with Crippen LogP contribution in [-0.2, 0) is 0 Å². The zero-order valence-corrected chi connectivity index (χ0v) is 17.5. The Labute approximate surface area is 179 Å². The Kier molecular flexibility index (Phi) is 5.48. The third kappa shape index (κ3) is 4.03. The van der Waals surface area contributed by atoms with Crippen molar-refractivity contribution in [2.75, 3.05) is 31.1 Å². The number of anilines is 2. The Morgan fingerprint density at radius 2 is 1.90 bits per heavy atom. The second kappa shape index (κ2) is 8.08. The quantitative estimate of drug-likeness (QED) is 0.578. The number of amides is 1. The highest BCUT2D eigenvalue weighted by molar-refractivity contribution is 6.31. The van der Waals surface area contributed by atoms with Crippen LogP contribution >= 0.6 is 11.6 Å². The average Bonchev–Trinajstić information content (AvgIpc) is 3.13. The summed E-state index contributed by atoms with van der Waals surface area (Å²) in [5.41, 5.74) is 12.4. The van der Waals surface area contributed by atoms with Crippen LogP contribution < -0.4 is 22.1 Å². The van der Waals surface area contributed by atoms with E-state index < -0.39 is 5.91 Å². The number of hydrogen-bond donors (Lipinski definition) is 4. The summed E-state index contributed by atoms with van der Waals surface area (Å²) < 4.78 is 0. The lowest BCUT2D eigenvalue weighted by atomic mass is 9.87. The largest absolute Gasteiger partial charge is 0.382 e. The van der Waals surface area contributed by atoms with Crippen LogP contribution in [0.15, 0.2) is 35.3 Å².